The first-order valence-electron chi connectivity index (χ1n) is 7.14. The standard InChI is InChI=1S/C16H25NO4/c1-5-10-16(2,20-4)15(18)17-13-6-8-14(9-7-13)21-12-11-19-3/h6-9H,5,10-12H2,1-4H3,(H,17,18)/t16-/m1/s1. The van der Waals surface area contributed by atoms with E-state index in [9.17, 15) is 4.79 Å². The Morgan fingerprint density at radius 1 is 1.19 bits per heavy atom. The average molecular weight is 295 g/mol. The number of rotatable bonds is 9. The summed E-state index contributed by atoms with van der Waals surface area (Å²) in [6.07, 6.45) is 1.55. The Morgan fingerprint density at radius 3 is 2.38 bits per heavy atom. The zero-order chi connectivity index (χ0) is 15.7. The highest BCUT2D eigenvalue weighted by molar-refractivity contribution is 5.97. The molecule has 1 amide bonds. The van der Waals surface area contributed by atoms with Crippen LogP contribution in [0.5, 0.6) is 5.75 Å². The van der Waals surface area contributed by atoms with E-state index in [2.05, 4.69) is 5.32 Å². The van der Waals surface area contributed by atoms with E-state index in [1.807, 2.05) is 31.2 Å². The Labute approximate surface area is 126 Å². The van der Waals surface area contributed by atoms with E-state index < -0.39 is 5.60 Å². The van der Waals surface area contributed by atoms with Crippen molar-refractivity contribution in [3.63, 3.8) is 0 Å². The molecule has 0 radical (unpaired) electrons. The third-order valence-electron chi connectivity index (χ3n) is 3.33. The highest BCUT2D eigenvalue weighted by Crippen LogP contribution is 2.21. The minimum absolute atomic E-state index is 0.139. The van der Waals surface area contributed by atoms with E-state index in [0.29, 0.717) is 19.6 Å². The summed E-state index contributed by atoms with van der Waals surface area (Å²) in [5, 5.41) is 2.87. The molecule has 1 aromatic carbocycles. The molecule has 1 aromatic rings. The van der Waals surface area contributed by atoms with Gasteiger partial charge in [0.15, 0.2) is 0 Å². The molecule has 0 bridgehead atoms. The van der Waals surface area contributed by atoms with Gasteiger partial charge in [-0.1, -0.05) is 13.3 Å². The van der Waals surface area contributed by atoms with Crippen LogP contribution in [0.1, 0.15) is 26.7 Å². The number of carbonyl (C=O) groups excluding carboxylic acids is 1. The highest BCUT2D eigenvalue weighted by atomic mass is 16.5. The van der Waals surface area contributed by atoms with Gasteiger partial charge in [0.05, 0.1) is 6.61 Å². The fraction of sp³-hybridized carbons (Fsp3) is 0.562. The third-order valence-corrected chi connectivity index (χ3v) is 3.33. The van der Waals surface area contributed by atoms with Crippen molar-refractivity contribution in [2.75, 3.05) is 32.8 Å². The molecule has 0 saturated heterocycles. The van der Waals surface area contributed by atoms with Crippen LogP contribution < -0.4 is 10.1 Å². The van der Waals surface area contributed by atoms with Gasteiger partial charge < -0.3 is 19.5 Å². The van der Waals surface area contributed by atoms with E-state index >= 15 is 0 Å². The fourth-order valence-electron chi connectivity index (χ4n) is 1.93. The third kappa shape index (κ3) is 5.36. The molecule has 1 rings (SSSR count). The fourth-order valence-corrected chi connectivity index (χ4v) is 1.93. The summed E-state index contributed by atoms with van der Waals surface area (Å²) in [6.45, 7) is 4.87. The zero-order valence-corrected chi connectivity index (χ0v) is 13.3. The summed E-state index contributed by atoms with van der Waals surface area (Å²) < 4.78 is 15.7. The van der Waals surface area contributed by atoms with Crippen LogP contribution >= 0.6 is 0 Å². The number of benzene rings is 1. The van der Waals surface area contributed by atoms with Crippen LogP contribution in [0.15, 0.2) is 24.3 Å². The Bertz CT molecular complexity index is 432. The summed E-state index contributed by atoms with van der Waals surface area (Å²) in [5.41, 5.74) is -0.0824. The number of amides is 1. The molecule has 0 aliphatic rings. The Kier molecular flexibility index (Phi) is 7.19. The molecule has 0 aliphatic heterocycles. The normalized spacial score (nSPS) is 13.5. The molecular weight excluding hydrogens is 270 g/mol. The highest BCUT2D eigenvalue weighted by Gasteiger charge is 2.31. The largest absolute Gasteiger partial charge is 0.491 e. The lowest BCUT2D eigenvalue weighted by Crippen LogP contribution is -2.41. The lowest BCUT2D eigenvalue weighted by Gasteiger charge is -2.26. The van der Waals surface area contributed by atoms with Gasteiger partial charge in [-0.25, -0.2) is 0 Å². The summed E-state index contributed by atoms with van der Waals surface area (Å²) in [5.74, 6) is 0.605. The molecule has 0 aromatic heterocycles. The second-order valence-electron chi connectivity index (χ2n) is 5.00. The molecular formula is C16H25NO4. The zero-order valence-electron chi connectivity index (χ0n) is 13.3. The lowest BCUT2D eigenvalue weighted by atomic mass is 9.99. The molecule has 5 heteroatoms. The van der Waals surface area contributed by atoms with E-state index in [-0.39, 0.29) is 5.91 Å². The van der Waals surface area contributed by atoms with Gasteiger partial charge in [0.2, 0.25) is 0 Å². The molecule has 0 fully saturated rings. The topological polar surface area (TPSA) is 56.8 Å². The van der Waals surface area contributed by atoms with Crippen molar-refractivity contribution in [2.24, 2.45) is 0 Å². The van der Waals surface area contributed by atoms with Crippen molar-refractivity contribution >= 4 is 11.6 Å². The van der Waals surface area contributed by atoms with Gasteiger partial charge in [0, 0.05) is 19.9 Å². The minimum atomic E-state index is -0.803. The van der Waals surface area contributed by atoms with Crippen LogP contribution in [0.4, 0.5) is 5.69 Å². The first kappa shape index (κ1) is 17.5. The number of anilines is 1. The number of nitrogens with one attached hydrogen (secondary N) is 1. The van der Waals surface area contributed by atoms with Crippen LogP contribution in [0.3, 0.4) is 0 Å². The monoisotopic (exact) mass is 295 g/mol. The maximum Gasteiger partial charge on any atom is 0.256 e. The number of ether oxygens (including phenoxy) is 3. The van der Waals surface area contributed by atoms with Crippen molar-refractivity contribution in [3.05, 3.63) is 24.3 Å². The van der Waals surface area contributed by atoms with Gasteiger partial charge in [0.1, 0.15) is 18.0 Å². The van der Waals surface area contributed by atoms with E-state index in [0.717, 1.165) is 17.9 Å². The van der Waals surface area contributed by atoms with Gasteiger partial charge >= 0.3 is 0 Å². The van der Waals surface area contributed by atoms with Crippen molar-refractivity contribution < 1.29 is 19.0 Å². The molecule has 0 unspecified atom stereocenters. The van der Waals surface area contributed by atoms with Gasteiger partial charge in [0.25, 0.3) is 5.91 Å². The second kappa shape index (κ2) is 8.64. The summed E-state index contributed by atoms with van der Waals surface area (Å²) in [6, 6.07) is 7.24. The molecule has 0 heterocycles. The average Bonchev–Trinajstić information content (AvgIpc) is 2.49. The van der Waals surface area contributed by atoms with Crippen molar-refractivity contribution in [1.29, 1.82) is 0 Å². The molecule has 0 saturated carbocycles. The van der Waals surface area contributed by atoms with Crippen molar-refractivity contribution in [2.45, 2.75) is 32.3 Å². The summed E-state index contributed by atoms with van der Waals surface area (Å²) in [7, 11) is 3.19. The van der Waals surface area contributed by atoms with Gasteiger partial charge in [-0.3, -0.25) is 4.79 Å². The molecule has 1 atom stereocenters. The van der Waals surface area contributed by atoms with Crippen molar-refractivity contribution in [1.82, 2.24) is 0 Å². The van der Waals surface area contributed by atoms with Crippen LogP contribution in [0, 0.1) is 0 Å². The summed E-state index contributed by atoms with van der Waals surface area (Å²) >= 11 is 0. The Hall–Kier alpha value is -1.59. The van der Waals surface area contributed by atoms with Crippen molar-refractivity contribution in [3.8, 4) is 5.75 Å². The second-order valence-corrected chi connectivity index (χ2v) is 5.00. The number of hydrogen-bond donors (Lipinski definition) is 1. The Morgan fingerprint density at radius 2 is 1.86 bits per heavy atom. The Balaban J connectivity index is 2.60. The molecule has 1 N–H and O–H groups in total. The molecule has 21 heavy (non-hydrogen) atoms. The SMILES string of the molecule is CCC[C@@](C)(OC)C(=O)Nc1ccc(OCCOC)cc1. The molecule has 0 aliphatic carbocycles. The number of hydrogen-bond acceptors (Lipinski definition) is 4. The predicted octanol–water partition coefficient (Wildman–Crippen LogP) is 2.86. The van der Waals surface area contributed by atoms with E-state index in [1.165, 1.54) is 0 Å². The van der Waals surface area contributed by atoms with Crippen LogP contribution in [-0.4, -0.2) is 38.9 Å². The van der Waals surface area contributed by atoms with Gasteiger partial charge in [-0.05, 0) is 37.6 Å². The van der Waals surface area contributed by atoms with E-state index in [4.69, 9.17) is 14.2 Å². The minimum Gasteiger partial charge on any atom is -0.491 e. The van der Waals surface area contributed by atoms with E-state index in [1.54, 1.807) is 21.1 Å². The molecule has 118 valence electrons. The first-order chi connectivity index (χ1) is 10.1. The number of carbonyl (C=O) groups is 1. The quantitative estimate of drug-likeness (QED) is 0.712. The lowest BCUT2D eigenvalue weighted by molar-refractivity contribution is -0.136. The smallest absolute Gasteiger partial charge is 0.256 e. The van der Waals surface area contributed by atoms with Crippen LogP contribution in [0.25, 0.3) is 0 Å². The van der Waals surface area contributed by atoms with Crippen LogP contribution in [0.2, 0.25) is 0 Å². The maximum absolute atomic E-state index is 12.3. The number of methoxy groups -OCH3 is 2. The summed E-state index contributed by atoms with van der Waals surface area (Å²) in [4.78, 5) is 12.3. The van der Waals surface area contributed by atoms with Gasteiger partial charge in [-0.2, -0.15) is 0 Å². The predicted molar refractivity (Wildman–Crippen MR) is 82.8 cm³/mol. The first-order valence-corrected chi connectivity index (χ1v) is 7.14. The maximum atomic E-state index is 12.3. The van der Waals surface area contributed by atoms with Gasteiger partial charge in [-0.15, -0.1) is 0 Å². The molecule has 5 nitrogen and oxygen atoms in total. The van der Waals surface area contributed by atoms with Crippen LogP contribution in [-0.2, 0) is 14.3 Å². The molecule has 0 spiro atoms.